The fourth-order valence-corrected chi connectivity index (χ4v) is 4.26. The Morgan fingerprint density at radius 3 is 1.84 bits per heavy atom. The van der Waals surface area contributed by atoms with Crippen molar-refractivity contribution in [3.8, 4) is 0 Å². The van der Waals surface area contributed by atoms with E-state index >= 15 is 0 Å². The van der Waals surface area contributed by atoms with Crippen LogP contribution < -0.4 is 16.1 Å². The van der Waals surface area contributed by atoms with Gasteiger partial charge in [-0.3, -0.25) is 34.2 Å². The number of carbonyl (C=O) groups excluding carboxylic acids is 5. The maximum Gasteiger partial charge on any atom is 0.407 e. The maximum atomic E-state index is 13.9. The zero-order valence-electron chi connectivity index (χ0n) is 26.0. The van der Waals surface area contributed by atoms with Gasteiger partial charge < -0.3 is 10.1 Å². The normalized spacial score (nSPS) is 12.4. The predicted octanol–water partition coefficient (Wildman–Crippen LogP) is 4.40. The average molecular weight is 617 g/mol. The van der Waals surface area contributed by atoms with E-state index in [1.165, 1.54) is 0 Å². The number of hydroxylamine groups is 1. The van der Waals surface area contributed by atoms with Crippen LogP contribution in [0, 0.1) is 0 Å². The van der Waals surface area contributed by atoms with Crippen LogP contribution in [0.5, 0.6) is 0 Å². The number of carbonyl (C=O) groups is 5. The quantitative estimate of drug-likeness (QED) is 0.190. The molecular weight excluding hydrogens is 576 g/mol. The molecule has 3 aromatic rings. The van der Waals surface area contributed by atoms with Gasteiger partial charge in [-0.15, -0.1) is 0 Å². The first-order valence-electron chi connectivity index (χ1n) is 14.5. The third-order valence-electron chi connectivity index (χ3n) is 6.52. The van der Waals surface area contributed by atoms with Crippen molar-refractivity contribution in [2.75, 3.05) is 13.1 Å². The largest absolute Gasteiger partial charge is 0.444 e. The van der Waals surface area contributed by atoms with Gasteiger partial charge in [0.15, 0.2) is 0 Å². The molecule has 3 aromatic carbocycles. The number of imide groups is 2. The summed E-state index contributed by atoms with van der Waals surface area (Å²) in [5, 5.41) is 4.93. The number of ether oxygens (including phenoxy) is 1. The second kappa shape index (κ2) is 16.3. The molecule has 5 amide bonds. The van der Waals surface area contributed by atoms with Gasteiger partial charge in [-0.2, -0.15) is 5.48 Å². The van der Waals surface area contributed by atoms with E-state index in [2.05, 4.69) is 16.1 Å². The molecule has 0 aliphatic heterocycles. The van der Waals surface area contributed by atoms with Crippen molar-refractivity contribution >= 4 is 29.7 Å². The Labute approximate surface area is 263 Å². The molecule has 0 bridgehead atoms. The molecule has 0 aliphatic rings. The van der Waals surface area contributed by atoms with Crippen LogP contribution in [0.3, 0.4) is 0 Å². The Bertz CT molecular complexity index is 1440. The highest BCUT2D eigenvalue weighted by molar-refractivity contribution is 6.07. The number of nitrogens with one attached hydrogen (secondary N) is 3. The van der Waals surface area contributed by atoms with Crippen molar-refractivity contribution in [3.63, 3.8) is 0 Å². The Kier molecular flexibility index (Phi) is 12.5. The lowest BCUT2D eigenvalue weighted by Crippen LogP contribution is -2.62. The van der Waals surface area contributed by atoms with Gasteiger partial charge in [0.2, 0.25) is 11.8 Å². The first kappa shape index (κ1) is 34.6. The number of alkyl carbamates (subject to hydrolysis) is 1. The number of hydrogen-bond acceptors (Lipinski definition) is 8. The van der Waals surface area contributed by atoms with Gasteiger partial charge in [0, 0.05) is 37.1 Å². The first-order chi connectivity index (χ1) is 21.4. The number of nitrogens with zero attached hydrogens (tertiary/aromatic N) is 1. The summed E-state index contributed by atoms with van der Waals surface area (Å²) in [5.41, 5.74) is 2.07. The van der Waals surface area contributed by atoms with Crippen LogP contribution in [0.1, 0.15) is 66.8 Å². The number of benzene rings is 3. The van der Waals surface area contributed by atoms with Crippen LogP contribution in [0.15, 0.2) is 91.0 Å². The molecule has 0 spiro atoms. The third-order valence-corrected chi connectivity index (χ3v) is 6.52. The van der Waals surface area contributed by atoms with Gasteiger partial charge in [-0.05, 0) is 57.5 Å². The smallest absolute Gasteiger partial charge is 0.407 e. The lowest BCUT2D eigenvalue weighted by Gasteiger charge is -2.40. The Balaban J connectivity index is 1.82. The standard InChI is InChI=1S/C34H40N4O7/c1-33(2,3)45-32(43)35-23-34(4,24-36-44-22-25-14-8-5-9-15-25)38(31(42)27-18-12-7-13-19-27)29(40)21-20-28(39)37-30(41)26-16-10-6-11-17-26/h5-19,36H,20-24H2,1-4H3,(H,35,43)(H,37,39,41)/t34-/m1/s1. The maximum absolute atomic E-state index is 13.9. The predicted molar refractivity (Wildman–Crippen MR) is 168 cm³/mol. The molecule has 0 saturated carbocycles. The summed E-state index contributed by atoms with van der Waals surface area (Å²) in [6, 6.07) is 25.8. The van der Waals surface area contributed by atoms with Gasteiger partial charge in [0.25, 0.3) is 11.8 Å². The van der Waals surface area contributed by atoms with Gasteiger partial charge >= 0.3 is 6.09 Å². The molecule has 0 aliphatic carbocycles. The van der Waals surface area contributed by atoms with Gasteiger partial charge in [-0.25, -0.2) is 4.79 Å². The second-order valence-electron chi connectivity index (χ2n) is 11.6. The molecule has 238 valence electrons. The van der Waals surface area contributed by atoms with E-state index in [4.69, 9.17) is 9.57 Å². The second-order valence-corrected chi connectivity index (χ2v) is 11.6. The number of hydrogen-bond donors (Lipinski definition) is 3. The molecule has 3 rings (SSSR count). The Morgan fingerprint density at radius 2 is 1.27 bits per heavy atom. The lowest BCUT2D eigenvalue weighted by atomic mass is 9.97. The topological polar surface area (TPSA) is 143 Å². The molecule has 0 radical (unpaired) electrons. The highest BCUT2D eigenvalue weighted by Gasteiger charge is 2.41. The van der Waals surface area contributed by atoms with Crippen molar-refractivity contribution in [2.45, 2.75) is 58.3 Å². The highest BCUT2D eigenvalue weighted by Crippen LogP contribution is 2.21. The van der Waals surface area contributed by atoms with E-state index in [1.807, 2.05) is 30.3 Å². The van der Waals surface area contributed by atoms with Gasteiger partial charge in [-0.1, -0.05) is 66.7 Å². The summed E-state index contributed by atoms with van der Waals surface area (Å²) in [6.07, 6.45) is -1.49. The van der Waals surface area contributed by atoms with E-state index < -0.39 is 40.9 Å². The molecule has 45 heavy (non-hydrogen) atoms. The third kappa shape index (κ3) is 11.3. The van der Waals surface area contributed by atoms with Crippen LogP contribution in [0.4, 0.5) is 4.79 Å². The zero-order valence-corrected chi connectivity index (χ0v) is 26.0. The van der Waals surface area contributed by atoms with Crippen LogP contribution in [-0.2, 0) is 25.8 Å². The minimum absolute atomic E-state index is 0.0847. The molecule has 0 saturated heterocycles. The minimum Gasteiger partial charge on any atom is -0.444 e. The summed E-state index contributed by atoms with van der Waals surface area (Å²) in [7, 11) is 0. The van der Waals surface area contributed by atoms with E-state index in [1.54, 1.807) is 88.4 Å². The highest BCUT2D eigenvalue weighted by atomic mass is 16.6. The van der Waals surface area contributed by atoms with E-state index in [9.17, 15) is 24.0 Å². The van der Waals surface area contributed by atoms with Gasteiger partial charge in [0.05, 0.1) is 12.1 Å². The fraction of sp³-hybridized carbons (Fsp3) is 0.324. The Morgan fingerprint density at radius 1 is 0.711 bits per heavy atom. The van der Waals surface area contributed by atoms with Crippen LogP contribution in [0.25, 0.3) is 0 Å². The minimum atomic E-state index is -1.39. The molecular formula is C34H40N4O7. The molecule has 0 aromatic heterocycles. The van der Waals surface area contributed by atoms with Crippen LogP contribution >= 0.6 is 0 Å². The summed E-state index contributed by atoms with van der Waals surface area (Å²) < 4.78 is 5.38. The molecule has 11 nitrogen and oxygen atoms in total. The molecule has 11 heteroatoms. The summed E-state index contributed by atoms with van der Waals surface area (Å²) in [5.74, 6) is -2.61. The molecule has 3 N–H and O–H groups in total. The summed E-state index contributed by atoms with van der Waals surface area (Å²) >= 11 is 0. The van der Waals surface area contributed by atoms with E-state index in [-0.39, 0.29) is 38.1 Å². The molecule has 0 unspecified atom stereocenters. The van der Waals surface area contributed by atoms with Crippen molar-refractivity contribution in [2.24, 2.45) is 0 Å². The van der Waals surface area contributed by atoms with E-state index in [0.29, 0.717) is 5.56 Å². The van der Waals surface area contributed by atoms with Crippen molar-refractivity contribution < 1.29 is 33.5 Å². The summed E-state index contributed by atoms with van der Waals surface area (Å²) in [6.45, 7) is 6.67. The van der Waals surface area contributed by atoms with Crippen molar-refractivity contribution in [1.82, 2.24) is 21.0 Å². The summed E-state index contributed by atoms with van der Waals surface area (Å²) in [4.78, 5) is 72.1. The van der Waals surface area contributed by atoms with E-state index in [0.717, 1.165) is 10.5 Å². The number of amides is 5. The van der Waals surface area contributed by atoms with Crippen molar-refractivity contribution in [1.29, 1.82) is 0 Å². The monoisotopic (exact) mass is 616 g/mol. The average Bonchev–Trinajstić information content (AvgIpc) is 3.02. The zero-order chi connectivity index (χ0) is 32.9. The van der Waals surface area contributed by atoms with Crippen LogP contribution in [-0.4, -0.2) is 58.9 Å². The van der Waals surface area contributed by atoms with Gasteiger partial charge in [0.1, 0.15) is 5.60 Å². The van der Waals surface area contributed by atoms with Crippen LogP contribution in [0.2, 0.25) is 0 Å². The SMILES string of the molecule is CC(C)(C)OC(=O)NC[C@](C)(CNOCc1ccccc1)N(C(=O)CCC(=O)NC(=O)c1ccccc1)C(=O)c1ccccc1. The number of rotatable bonds is 13. The first-order valence-corrected chi connectivity index (χ1v) is 14.5. The Hall–Kier alpha value is -4.87. The molecule has 1 atom stereocenters. The fourth-order valence-electron chi connectivity index (χ4n) is 4.26. The molecule has 0 fully saturated rings. The molecule has 0 heterocycles. The lowest BCUT2D eigenvalue weighted by molar-refractivity contribution is -0.136. The van der Waals surface area contributed by atoms with Crippen molar-refractivity contribution in [3.05, 3.63) is 108 Å².